The summed E-state index contributed by atoms with van der Waals surface area (Å²) in [5.41, 5.74) is 0.168. The molecular formula is C20H15F3N2O3. The summed E-state index contributed by atoms with van der Waals surface area (Å²) >= 11 is 0. The zero-order chi connectivity index (χ0) is 20.3. The lowest BCUT2D eigenvalue weighted by molar-refractivity contribution is -0.142. The fourth-order valence-corrected chi connectivity index (χ4v) is 2.76. The molecule has 3 aromatic rings. The minimum atomic E-state index is -1.37. The number of halogens is 3. The molecule has 144 valence electrons. The molecule has 8 heteroatoms. The van der Waals surface area contributed by atoms with Gasteiger partial charge in [-0.25, -0.2) is 18.0 Å². The molecule has 0 aliphatic rings. The van der Waals surface area contributed by atoms with Gasteiger partial charge in [0.2, 0.25) is 0 Å². The van der Waals surface area contributed by atoms with Gasteiger partial charge in [0, 0.05) is 29.6 Å². The lowest BCUT2D eigenvalue weighted by atomic mass is 10.1. The second-order valence-corrected chi connectivity index (χ2v) is 5.99. The van der Waals surface area contributed by atoms with Crippen LogP contribution >= 0.6 is 0 Å². The largest absolute Gasteiger partial charge is 0.467 e. The molecule has 1 aromatic heterocycles. The normalized spacial score (nSPS) is 11.9. The number of hydrogen-bond acceptors (Lipinski definition) is 4. The quantitative estimate of drug-likeness (QED) is 0.682. The van der Waals surface area contributed by atoms with E-state index in [1.165, 1.54) is 0 Å². The molecular weight excluding hydrogens is 373 g/mol. The molecule has 1 atom stereocenters. The van der Waals surface area contributed by atoms with Crippen molar-refractivity contribution in [2.24, 2.45) is 0 Å². The van der Waals surface area contributed by atoms with Gasteiger partial charge in [0.25, 0.3) is 5.91 Å². The predicted molar refractivity (Wildman–Crippen MR) is 95.0 cm³/mol. The summed E-state index contributed by atoms with van der Waals surface area (Å²) in [7, 11) is 1.12. The van der Waals surface area contributed by atoms with Crippen molar-refractivity contribution >= 4 is 22.8 Å². The highest BCUT2D eigenvalue weighted by Crippen LogP contribution is 2.16. The van der Waals surface area contributed by atoms with E-state index in [0.717, 1.165) is 12.5 Å². The second kappa shape index (κ2) is 8.08. The Kier molecular flexibility index (Phi) is 5.58. The summed E-state index contributed by atoms with van der Waals surface area (Å²) < 4.78 is 45.4. The van der Waals surface area contributed by atoms with Gasteiger partial charge in [0.15, 0.2) is 0 Å². The number of carbonyl (C=O) groups excluding carboxylic acids is 2. The minimum absolute atomic E-state index is 0.0618. The minimum Gasteiger partial charge on any atom is -0.467 e. The van der Waals surface area contributed by atoms with Crippen molar-refractivity contribution in [3.05, 3.63) is 77.2 Å². The Labute approximate surface area is 158 Å². The van der Waals surface area contributed by atoms with Gasteiger partial charge in [-0.15, -0.1) is 0 Å². The van der Waals surface area contributed by atoms with Gasteiger partial charge in [-0.3, -0.25) is 9.78 Å². The summed E-state index contributed by atoms with van der Waals surface area (Å²) in [5, 5.41) is 3.11. The summed E-state index contributed by atoms with van der Waals surface area (Å²) in [6.45, 7) is 0. The third kappa shape index (κ3) is 4.11. The highest BCUT2D eigenvalue weighted by atomic mass is 19.1. The molecule has 0 radical (unpaired) electrons. The molecule has 1 N–H and O–H groups in total. The summed E-state index contributed by atoms with van der Waals surface area (Å²) in [5.74, 6) is -5.92. The standard InChI is InChI=1S/C20H15F3N2O3/c1-28-20(27)17(10-13-7-6-11-4-2-3-5-16(11)24-13)25-19(26)18-14(22)8-12(21)9-15(18)23/h2-9,17H,10H2,1H3,(H,25,26)/t17-/m0/s1. The zero-order valence-corrected chi connectivity index (χ0v) is 14.7. The summed E-state index contributed by atoms with van der Waals surface area (Å²) in [4.78, 5) is 28.7. The molecule has 3 rings (SSSR count). The van der Waals surface area contributed by atoms with Crippen LogP contribution in [0.25, 0.3) is 10.9 Å². The van der Waals surface area contributed by atoms with Gasteiger partial charge >= 0.3 is 5.97 Å². The fourth-order valence-electron chi connectivity index (χ4n) is 2.76. The van der Waals surface area contributed by atoms with Gasteiger partial charge in [-0.1, -0.05) is 24.3 Å². The molecule has 0 spiro atoms. The van der Waals surface area contributed by atoms with Crippen LogP contribution in [0.3, 0.4) is 0 Å². The Bertz CT molecular complexity index is 1030. The number of para-hydroxylation sites is 1. The topological polar surface area (TPSA) is 68.3 Å². The molecule has 0 aliphatic carbocycles. The molecule has 1 amide bonds. The first-order valence-electron chi connectivity index (χ1n) is 8.27. The number of rotatable bonds is 5. The maximum atomic E-state index is 13.8. The fraction of sp³-hybridized carbons (Fsp3) is 0.150. The molecule has 5 nitrogen and oxygen atoms in total. The third-order valence-electron chi connectivity index (χ3n) is 4.09. The van der Waals surface area contributed by atoms with Gasteiger partial charge in [-0.2, -0.15) is 0 Å². The molecule has 0 saturated heterocycles. The average Bonchev–Trinajstić information content (AvgIpc) is 2.66. The number of nitrogens with one attached hydrogen (secondary N) is 1. The number of aromatic nitrogens is 1. The number of benzene rings is 2. The third-order valence-corrected chi connectivity index (χ3v) is 4.09. The van der Waals surface area contributed by atoms with Crippen LogP contribution in [0.1, 0.15) is 16.1 Å². The number of hydrogen-bond donors (Lipinski definition) is 1. The van der Waals surface area contributed by atoms with Crippen LogP contribution in [-0.2, 0) is 16.0 Å². The zero-order valence-electron chi connectivity index (χ0n) is 14.7. The van der Waals surface area contributed by atoms with E-state index >= 15 is 0 Å². The second-order valence-electron chi connectivity index (χ2n) is 5.99. The van der Waals surface area contributed by atoms with Crippen molar-refractivity contribution in [2.45, 2.75) is 12.5 Å². The van der Waals surface area contributed by atoms with Gasteiger partial charge in [0.05, 0.1) is 12.6 Å². The molecule has 0 bridgehead atoms. The maximum Gasteiger partial charge on any atom is 0.328 e. The van der Waals surface area contributed by atoms with E-state index in [1.807, 2.05) is 12.1 Å². The number of fused-ring (bicyclic) bond motifs is 1. The first-order valence-corrected chi connectivity index (χ1v) is 8.27. The number of methoxy groups -OCH3 is 1. The average molecular weight is 388 g/mol. The number of nitrogens with zero attached hydrogens (tertiary/aromatic N) is 1. The van der Waals surface area contributed by atoms with E-state index in [2.05, 4.69) is 15.0 Å². The Morgan fingerprint density at radius 1 is 1.07 bits per heavy atom. The highest BCUT2D eigenvalue weighted by Gasteiger charge is 2.27. The number of amides is 1. The molecule has 0 fully saturated rings. The van der Waals surface area contributed by atoms with E-state index in [-0.39, 0.29) is 6.42 Å². The van der Waals surface area contributed by atoms with Crippen LogP contribution in [0.2, 0.25) is 0 Å². The highest BCUT2D eigenvalue weighted by molar-refractivity contribution is 5.97. The Hall–Kier alpha value is -3.42. The lowest BCUT2D eigenvalue weighted by Gasteiger charge is -2.17. The summed E-state index contributed by atoms with van der Waals surface area (Å²) in [6, 6.07) is 10.3. The molecule has 2 aromatic carbocycles. The van der Waals surface area contributed by atoms with E-state index in [0.29, 0.717) is 23.3 Å². The smallest absolute Gasteiger partial charge is 0.328 e. The van der Waals surface area contributed by atoms with Crippen LogP contribution in [0.15, 0.2) is 48.5 Å². The van der Waals surface area contributed by atoms with Crippen LogP contribution in [0, 0.1) is 17.5 Å². The predicted octanol–water partition coefficient (Wildman–Crippen LogP) is 3.17. The number of pyridine rings is 1. The van der Waals surface area contributed by atoms with Crippen LogP contribution in [-0.4, -0.2) is 30.0 Å². The SMILES string of the molecule is COC(=O)[C@H](Cc1ccc2ccccc2n1)NC(=O)c1c(F)cc(F)cc1F. The lowest BCUT2D eigenvalue weighted by Crippen LogP contribution is -2.43. The Balaban J connectivity index is 1.86. The summed E-state index contributed by atoms with van der Waals surface area (Å²) in [6.07, 6.45) is -0.0618. The van der Waals surface area contributed by atoms with Crippen molar-refractivity contribution in [2.75, 3.05) is 7.11 Å². The van der Waals surface area contributed by atoms with Crippen LogP contribution < -0.4 is 5.32 Å². The van der Waals surface area contributed by atoms with Crippen molar-refractivity contribution in [3.8, 4) is 0 Å². The van der Waals surface area contributed by atoms with E-state index in [9.17, 15) is 22.8 Å². The Morgan fingerprint density at radius 2 is 1.75 bits per heavy atom. The van der Waals surface area contributed by atoms with Crippen molar-refractivity contribution in [1.29, 1.82) is 0 Å². The number of carbonyl (C=O) groups is 2. The number of esters is 1. The molecule has 0 saturated carbocycles. The van der Waals surface area contributed by atoms with Gasteiger partial charge in [-0.05, 0) is 12.1 Å². The number of ether oxygens (including phenoxy) is 1. The first kappa shape index (κ1) is 19.3. The van der Waals surface area contributed by atoms with Gasteiger partial charge in [0.1, 0.15) is 29.1 Å². The molecule has 0 aliphatic heterocycles. The first-order chi connectivity index (χ1) is 13.4. The van der Waals surface area contributed by atoms with E-state index in [4.69, 9.17) is 0 Å². The van der Waals surface area contributed by atoms with Crippen molar-refractivity contribution < 1.29 is 27.5 Å². The molecule has 28 heavy (non-hydrogen) atoms. The Morgan fingerprint density at radius 3 is 2.43 bits per heavy atom. The van der Waals surface area contributed by atoms with Crippen molar-refractivity contribution in [1.82, 2.24) is 10.3 Å². The molecule has 1 heterocycles. The van der Waals surface area contributed by atoms with E-state index < -0.39 is 40.9 Å². The van der Waals surface area contributed by atoms with E-state index in [1.54, 1.807) is 24.3 Å². The molecule has 0 unspecified atom stereocenters. The van der Waals surface area contributed by atoms with Crippen LogP contribution in [0.5, 0.6) is 0 Å². The van der Waals surface area contributed by atoms with Gasteiger partial charge < -0.3 is 10.1 Å². The monoisotopic (exact) mass is 388 g/mol. The maximum absolute atomic E-state index is 13.8. The van der Waals surface area contributed by atoms with Crippen LogP contribution in [0.4, 0.5) is 13.2 Å². The van der Waals surface area contributed by atoms with Crippen molar-refractivity contribution in [3.63, 3.8) is 0 Å².